The summed E-state index contributed by atoms with van der Waals surface area (Å²) in [6.45, 7) is 2.31. The number of anilines is 2. The van der Waals surface area contributed by atoms with Crippen molar-refractivity contribution in [2.45, 2.75) is 44.9 Å². The molecule has 4 heteroatoms. The first kappa shape index (κ1) is 12.7. The molecule has 19 heavy (non-hydrogen) atoms. The molecule has 1 aliphatic heterocycles. The molecule has 1 spiro atoms. The third-order valence-electron chi connectivity index (χ3n) is 4.97. The molecule has 1 saturated carbocycles. The Morgan fingerprint density at radius 1 is 1.05 bits per heavy atom. The van der Waals surface area contributed by atoms with E-state index >= 15 is 0 Å². The summed E-state index contributed by atoms with van der Waals surface area (Å²) in [5.41, 5.74) is 0.660. The van der Waals surface area contributed by atoms with Crippen molar-refractivity contribution in [3.05, 3.63) is 12.4 Å². The SMILES string of the molecule is CNc1cc(N2CCC3(CCCCC3)CC2)ncn1. The van der Waals surface area contributed by atoms with Crippen LogP contribution in [0.5, 0.6) is 0 Å². The molecule has 0 aromatic carbocycles. The van der Waals surface area contributed by atoms with Gasteiger partial charge in [0.1, 0.15) is 18.0 Å². The Kier molecular flexibility index (Phi) is 3.58. The van der Waals surface area contributed by atoms with E-state index in [1.807, 2.05) is 7.05 Å². The van der Waals surface area contributed by atoms with Crippen LogP contribution in [-0.4, -0.2) is 30.1 Å². The second-order valence-corrected chi connectivity index (χ2v) is 6.06. The summed E-state index contributed by atoms with van der Waals surface area (Å²) < 4.78 is 0. The molecule has 3 rings (SSSR count). The van der Waals surface area contributed by atoms with E-state index in [0.717, 1.165) is 24.7 Å². The molecule has 1 saturated heterocycles. The van der Waals surface area contributed by atoms with Crippen LogP contribution in [0.25, 0.3) is 0 Å². The molecule has 4 nitrogen and oxygen atoms in total. The van der Waals surface area contributed by atoms with Crippen molar-refractivity contribution in [2.24, 2.45) is 5.41 Å². The van der Waals surface area contributed by atoms with Crippen LogP contribution in [0.15, 0.2) is 12.4 Å². The lowest BCUT2D eigenvalue weighted by atomic mass is 9.68. The van der Waals surface area contributed by atoms with Crippen molar-refractivity contribution >= 4 is 11.6 Å². The molecule has 1 aliphatic carbocycles. The molecule has 0 bridgehead atoms. The highest BCUT2D eigenvalue weighted by molar-refractivity contribution is 5.48. The van der Waals surface area contributed by atoms with Gasteiger partial charge in [0.25, 0.3) is 0 Å². The molecule has 104 valence electrons. The van der Waals surface area contributed by atoms with E-state index in [1.165, 1.54) is 44.9 Å². The highest BCUT2D eigenvalue weighted by Gasteiger charge is 2.35. The van der Waals surface area contributed by atoms with Crippen molar-refractivity contribution in [2.75, 3.05) is 30.4 Å². The monoisotopic (exact) mass is 260 g/mol. The quantitative estimate of drug-likeness (QED) is 0.887. The van der Waals surface area contributed by atoms with Gasteiger partial charge in [-0.25, -0.2) is 9.97 Å². The van der Waals surface area contributed by atoms with Crippen molar-refractivity contribution in [3.8, 4) is 0 Å². The Morgan fingerprint density at radius 2 is 1.79 bits per heavy atom. The smallest absolute Gasteiger partial charge is 0.134 e. The number of aromatic nitrogens is 2. The van der Waals surface area contributed by atoms with Crippen molar-refractivity contribution in [3.63, 3.8) is 0 Å². The zero-order chi connectivity index (χ0) is 13.1. The van der Waals surface area contributed by atoms with E-state index in [1.54, 1.807) is 6.33 Å². The zero-order valence-corrected chi connectivity index (χ0v) is 11.9. The van der Waals surface area contributed by atoms with Gasteiger partial charge in [-0.2, -0.15) is 0 Å². The lowest BCUT2D eigenvalue weighted by Crippen LogP contribution is -2.41. The molecule has 0 radical (unpaired) electrons. The van der Waals surface area contributed by atoms with Crippen LogP contribution in [0.4, 0.5) is 11.6 Å². The Labute approximate surface area is 115 Å². The molecule has 1 N–H and O–H groups in total. The van der Waals surface area contributed by atoms with Gasteiger partial charge >= 0.3 is 0 Å². The second kappa shape index (κ2) is 5.35. The van der Waals surface area contributed by atoms with Crippen molar-refractivity contribution < 1.29 is 0 Å². The molecule has 0 amide bonds. The summed E-state index contributed by atoms with van der Waals surface area (Å²) in [5, 5.41) is 3.09. The molecule has 1 aromatic rings. The summed E-state index contributed by atoms with van der Waals surface area (Å²) in [5.74, 6) is 1.98. The second-order valence-electron chi connectivity index (χ2n) is 6.06. The Hall–Kier alpha value is -1.32. The van der Waals surface area contributed by atoms with Crippen LogP contribution in [0.3, 0.4) is 0 Å². The normalized spacial score (nSPS) is 22.5. The Morgan fingerprint density at radius 3 is 2.47 bits per heavy atom. The molecule has 1 aromatic heterocycles. The molecule has 0 unspecified atom stereocenters. The summed E-state index contributed by atoms with van der Waals surface area (Å²) in [4.78, 5) is 11.0. The fourth-order valence-corrected chi connectivity index (χ4v) is 3.67. The molecular formula is C15H24N4. The molecule has 2 aliphatic rings. The fraction of sp³-hybridized carbons (Fsp3) is 0.733. The Bertz CT molecular complexity index is 416. The Balaban J connectivity index is 1.65. The van der Waals surface area contributed by atoms with Crippen molar-refractivity contribution in [1.82, 2.24) is 9.97 Å². The van der Waals surface area contributed by atoms with E-state index in [-0.39, 0.29) is 0 Å². The molecule has 2 heterocycles. The maximum Gasteiger partial charge on any atom is 0.134 e. The third-order valence-corrected chi connectivity index (χ3v) is 4.97. The summed E-state index contributed by atoms with van der Waals surface area (Å²) in [6, 6.07) is 2.05. The maximum absolute atomic E-state index is 4.42. The number of piperidine rings is 1. The predicted octanol–water partition coefficient (Wildman–Crippen LogP) is 3.07. The topological polar surface area (TPSA) is 41.0 Å². The van der Waals surface area contributed by atoms with E-state index < -0.39 is 0 Å². The number of hydrogen-bond acceptors (Lipinski definition) is 4. The fourth-order valence-electron chi connectivity index (χ4n) is 3.67. The van der Waals surface area contributed by atoms with Gasteiger partial charge in [0.15, 0.2) is 0 Å². The average Bonchev–Trinajstić information content (AvgIpc) is 2.49. The lowest BCUT2D eigenvalue weighted by Gasteiger charge is -2.44. The van der Waals surface area contributed by atoms with Gasteiger partial charge < -0.3 is 10.2 Å². The van der Waals surface area contributed by atoms with Crippen molar-refractivity contribution in [1.29, 1.82) is 0 Å². The summed E-state index contributed by atoms with van der Waals surface area (Å²) in [7, 11) is 1.90. The zero-order valence-electron chi connectivity index (χ0n) is 11.9. The third kappa shape index (κ3) is 2.67. The van der Waals surface area contributed by atoms with Crippen LogP contribution in [0, 0.1) is 5.41 Å². The minimum absolute atomic E-state index is 0.660. The van der Waals surface area contributed by atoms with Gasteiger partial charge in [0.2, 0.25) is 0 Å². The van der Waals surface area contributed by atoms with E-state index in [2.05, 4.69) is 26.3 Å². The van der Waals surface area contributed by atoms with E-state index in [0.29, 0.717) is 5.41 Å². The number of rotatable bonds is 2. The van der Waals surface area contributed by atoms with Gasteiger partial charge in [-0.15, -0.1) is 0 Å². The number of nitrogens with zero attached hydrogens (tertiary/aromatic N) is 3. The van der Waals surface area contributed by atoms with Gasteiger partial charge in [-0.3, -0.25) is 0 Å². The highest BCUT2D eigenvalue weighted by Crippen LogP contribution is 2.44. The maximum atomic E-state index is 4.42. The standard InChI is InChI=1S/C15H24N4/c1-16-13-11-14(18-12-17-13)19-9-7-15(8-10-19)5-3-2-4-6-15/h11-12H,2-10H2,1H3,(H,16,17,18). The van der Waals surface area contributed by atoms with E-state index in [4.69, 9.17) is 0 Å². The first-order valence-corrected chi connectivity index (χ1v) is 7.56. The average molecular weight is 260 g/mol. The van der Waals surface area contributed by atoms with Gasteiger partial charge in [0.05, 0.1) is 0 Å². The summed E-state index contributed by atoms with van der Waals surface area (Å²) >= 11 is 0. The minimum atomic E-state index is 0.660. The highest BCUT2D eigenvalue weighted by atomic mass is 15.2. The largest absolute Gasteiger partial charge is 0.373 e. The number of hydrogen-bond donors (Lipinski definition) is 1. The van der Waals surface area contributed by atoms with Crippen LogP contribution in [0.1, 0.15) is 44.9 Å². The van der Waals surface area contributed by atoms with Crippen LogP contribution >= 0.6 is 0 Å². The molecular weight excluding hydrogens is 236 g/mol. The first-order valence-electron chi connectivity index (χ1n) is 7.56. The lowest BCUT2D eigenvalue weighted by molar-refractivity contribution is 0.144. The molecule has 0 atom stereocenters. The van der Waals surface area contributed by atoms with Gasteiger partial charge in [-0.05, 0) is 31.1 Å². The van der Waals surface area contributed by atoms with Gasteiger partial charge in [-0.1, -0.05) is 19.3 Å². The van der Waals surface area contributed by atoms with Crippen LogP contribution < -0.4 is 10.2 Å². The van der Waals surface area contributed by atoms with Gasteiger partial charge in [0, 0.05) is 26.2 Å². The van der Waals surface area contributed by atoms with Crippen LogP contribution in [-0.2, 0) is 0 Å². The minimum Gasteiger partial charge on any atom is -0.373 e. The summed E-state index contributed by atoms with van der Waals surface area (Å²) in [6.07, 6.45) is 11.6. The predicted molar refractivity (Wildman–Crippen MR) is 78.5 cm³/mol. The van der Waals surface area contributed by atoms with E-state index in [9.17, 15) is 0 Å². The number of nitrogens with one attached hydrogen (secondary N) is 1. The van der Waals surface area contributed by atoms with Crippen LogP contribution in [0.2, 0.25) is 0 Å². The molecule has 2 fully saturated rings. The first-order chi connectivity index (χ1) is 9.31.